The van der Waals surface area contributed by atoms with Gasteiger partial charge in [0.25, 0.3) is 0 Å². The minimum Gasteiger partial charge on any atom is -0.469 e. The van der Waals surface area contributed by atoms with Gasteiger partial charge in [-0.15, -0.1) is 0 Å². The largest absolute Gasteiger partial charge is 0.469 e. The summed E-state index contributed by atoms with van der Waals surface area (Å²) < 4.78 is 9.81. The molecule has 0 radical (unpaired) electrons. The Kier molecular flexibility index (Phi) is 5.74. The van der Waals surface area contributed by atoms with E-state index in [4.69, 9.17) is 4.74 Å². The highest BCUT2D eigenvalue weighted by Crippen LogP contribution is 2.13. The summed E-state index contributed by atoms with van der Waals surface area (Å²) in [7, 11) is 1.34. The van der Waals surface area contributed by atoms with Gasteiger partial charge >= 0.3 is 12.1 Å². The number of ether oxygens (including phenoxy) is 2. The highest BCUT2D eigenvalue weighted by atomic mass is 16.5. The molecule has 0 heterocycles. The van der Waals surface area contributed by atoms with Crippen molar-refractivity contribution in [2.45, 2.75) is 20.0 Å². The Bertz CT molecular complexity index is 697. The number of nitrogens with one attached hydrogen (secondary N) is 1. The van der Waals surface area contributed by atoms with Crippen LogP contribution in [0, 0.1) is 6.92 Å². The molecule has 0 unspecified atom stereocenters. The van der Waals surface area contributed by atoms with Crippen molar-refractivity contribution >= 4 is 17.7 Å². The fourth-order valence-corrected chi connectivity index (χ4v) is 2.10. The van der Waals surface area contributed by atoms with Crippen LogP contribution >= 0.6 is 0 Å². The van der Waals surface area contributed by atoms with Crippen LogP contribution in [0.2, 0.25) is 0 Å². The summed E-state index contributed by atoms with van der Waals surface area (Å²) in [5, 5.41) is 2.65. The molecule has 0 bridgehead atoms. The van der Waals surface area contributed by atoms with Gasteiger partial charge in [-0.1, -0.05) is 42.0 Å². The Morgan fingerprint density at radius 3 is 2.52 bits per heavy atom. The van der Waals surface area contributed by atoms with Crippen LogP contribution in [-0.4, -0.2) is 19.2 Å². The van der Waals surface area contributed by atoms with Gasteiger partial charge in [0.15, 0.2) is 0 Å². The lowest BCUT2D eigenvalue weighted by molar-refractivity contribution is -0.139. The van der Waals surface area contributed by atoms with Gasteiger partial charge in [-0.25, -0.2) is 4.79 Å². The molecular formula is C18H19NO4. The topological polar surface area (TPSA) is 64.6 Å². The van der Waals surface area contributed by atoms with E-state index in [1.807, 2.05) is 31.2 Å². The summed E-state index contributed by atoms with van der Waals surface area (Å²) in [6.07, 6.45) is -0.383. The van der Waals surface area contributed by atoms with Crippen molar-refractivity contribution in [3.63, 3.8) is 0 Å². The fraction of sp³-hybridized carbons (Fsp3) is 0.222. The highest BCUT2D eigenvalue weighted by Gasteiger charge is 2.07. The van der Waals surface area contributed by atoms with E-state index in [2.05, 4.69) is 10.1 Å². The normalized spacial score (nSPS) is 10.0. The molecule has 5 nitrogen and oxygen atoms in total. The van der Waals surface area contributed by atoms with Crippen LogP contribution in [0.1, 0.15) is 16.7 Å². The number of hydrogen-bond donors (Lipinski definition) is 1. The first-order chi connectivity index (χ1) is 11.1. The maximum Gasteiger partial charge on any atom is 0.411 e. The average molecular weight is 313 g/mol. The quantitative estimate of drug-likeness (QED) is 0.859. The SMILES string of the molecule is COC(=O)Cc1cccc(NC(=O)OCc2cccc(C)c2)c1. The van der Waals surface area contributed by atoms with Crippen LogP contribution in [0.25, 0.3) is 0 Å². The van der Waals surface area contributed by atoms with E-state index in [0.717, 1.165) is 16.7 Å². The van der Waals surface area contributed by atoms with Gasteiger partial charge in [-0.05, 0) is 30.2 Å². The summed E-state index contributed by atoms with van der Waals surface area (Å²) in [6.45, 7) is 2.19. The number of carbonyl (C=O) groups is 2. The van der Waals surface area contributed by atoms with E-state index in [1.165, 1.54) is 7.11 Å². The molecule has 23 heavy (non-hydrogen) atoms. The molecule has 5 heteroatoms. The Labute approximate surface area is 135 Å². The van der Waals surface area contributed by atoms with E-state index in [1.54, 1.807) is 24.3 Å². The summed E-state index contributed by atoms with van der Waals surface area (Å²) in [5.74, 6) is -0.329. The van der Waals surface area contributed by atoms with Crippen LogP contribution in [0.5, 0.6) is 0 Å². The number of anilines is 1. The second kappa shape index (κ2) is 7.98. The Hall–Kier alpha value is -2.82. The summed E-state index contributed by atoms with van der Waals surface area (Å²) in [4.78, 5) is 23.1. The van der Waals surface area contributed by atoms with Crippen molar-refractivity contribution < 1.29 is 19.1 Å². The zero-order valence-electron chi connectivity index (χ0n) is 13.2. The molecule has 0 aromatic heterocycles. The molecule has 2 rings (SSSR count). The predicted octanol–water partition coefficient (Wildman–Crippen LogP) is 3.46. The van der Waals surface area contributed by atoms with Crippen molar-refractivity contribution in [2.24, 2.45) is 0 Å². The van der Waals surface area contributed by atoms with E-state index in [9.17, 15) is 9.59 Å². The van der Waals surface area contributed by atoms with Crippen LogP contribution < -0.4 is 5.32 Å². The number of rotatable bonds is 5. The molecule has 2 aromatic rings. The molecule has 120 valence electrons. The van der Waals surface area contributed by atoms with Crippen LogP contribution in [0.3, 0.4) is 0 Å². The van der Waals surface area contributed by atoms with Gasteiger partial charge in [-0.2, -0.15) is 0 Å². The van der Waals surface area contributed by atoms with Crippen LogP contribution in [0.4, 0.5) is 10.5 Å². The molecule has 1 N–H and O–H groups in total. The number of methoxy groups -OCH3 is 1. The summed E-state index contributed by atoms with van der Waals surface area (Å²) >= 11 is 0. The minimum atomic E-state index is -0.540. The second-order valence-electron chi connectivity index (χ2n) is 5.14. The fourth-order valence-electron chi connectivity index (χ4n) is 2.10. The summed E-state index contributed by atoms with van der Waals surface area (Å²) in [5.41, 5.74) is 3.37. The number of amides is 1. The zero-order valence-corrected chi connectivity index (χ0v) is 13.2. The lowest BCUT2D eigenvalue weighted by atomic mass is 10.1. The number of aryl methyl sites for hydroxylation is 1. The number of benzene rings is 2. The third-order valence-corrected chi connectivity index (χ3v) is 3.20. The smallest absolute Gasteiger partial charge is 0.411 e. The standard InChI is InChI=1S/C18H19NO4/c1-13-5-3-7-15(9-13)12-23-18(21)19-16-8-4-6-14(10-16)11-17(20)22-2/h3-10H,11-12H2,1-2H3,(H,19,21). The van der Waals surface area contributed by atoms with Gasteiger partial charge in [0.1, 0.15) is 6.61 Å². The van der Waals surface area contributed by atoms with Crippen molar-refractivity contribution in [3.05, 3.63) is 65.2 Å². The molecule has 0 aliphatic rings. The Morgan fingerprint density at radius 2 is 1.78 bits per heavy atom. The lowest BCUT2D eigenvalue weighted by Gasteiger charge is -2.09. The molecular weight excluding hydrogens is 294 g/mol. The van der Waals surface area contributed by atoms with Gasteiger partial charge < -0.3 is 9.47 Å². The monoisotopic (exact) mass is 313 g/mol. The van der Waals surface area contributed by atoms with Crippen molar-refractivity contribution in [2.75, 3.05) is 12.4 Å². The first-order valence-corrected chi connectivity index (χ1v) is 7.22. The van der Waals surface area contributed by atoms with Gasteiger partial charge in [0, 0.05) is 5.69 Å². The molecule has 0 saturated carbocycles. The van der Waals surface area contributed by atoms with E-state index in [-0.39, 0.29) is 19.0 Å². The maximum atomic E-state index is 11.8. The van der Waals surface area contributed by atoms with Crippen LogP contribution in [-0.2, 0) is 27.3 Å². The van der Waals surface area contributed by atoms with Crippen molar-refractivity contribution in [1.29, 1.82) is 0 Å². The van der Waals surface area contributed by atoms with E-state index < -0.39 is 6.09 Å². The van der Waals surface area contributed by atoms with Gasteiger partial charge in [-0.3, -0.25) is 10.1 Å². The molecule has 0 saturated heterocycles. The van der Waals surface area contributed by atoms with E-state index >= 15 is 0 Å². The van der Waals surface area contributed by atoms with Gasteiger partial charge in [0.2, 0.25) is 0 Å². The molecule has 0 spiro atoms. The minimum absolute atomic E-state index is 0.157. The predicted molar refractivity (Wildman–Crippen MR) is 87.1 cm³/mol. The van der Waals surface area contributed by atoms with Crippen LogP contribution in [0.15, 0.2) is 48.5 Å². The third kappa shape index (κ3) is 5.47. The molecule has 0 atom stereocenters. The molecule has 2 aromatic carbocycles. The first kappa shape index (κ1) is 16.5. The third-order valence-electron chi connectivity index (χ3n) is 3.20. The average Bonchev–Trinajstić information content (AvgIpc) is 2.53. The number of hydrogen-bond acceptors (Lipinski definition) is 4. The number of esters is 1. The second-order valence-corrected chi connectivity index (χ2v) is 5.14. The molecule has 0 aliphatic heterocycles. The molecule has 1 amide bonds. The van der Waals surface area contributed by atoms with Crippen molar-refractivity contribution in [3.8, 4) is 0 Å². The highest BCUT2D eigenvalue weighted by molar-refractivity contribution is 5.85. The molecule has 0 aliphatic carbocycles. The van der Waals surface area contributed by atoms with Gasteiger partial charge in [0.05, 0.1) is 13.5 Å². The summed E-state index contributed by atoms with van der Waals surface area (Å²) in [6, 6.07) is 14.8. The van der Waals surface area contributed by atoms with E-state index in [0.29, 0.717) is 5.69 Å². The lowest BCUT2D eigenvalue weighted by Crippen LogP contribution is -2.14. The first-order valence-electron chi connectivity index (χ1n) is 7.22. The van der Waals surface area contributed by atoms with Crippen molar-refractivity contribution in [1.82, 2.24) is 0 Å². The maximum absolute atomic E-state index is 11.8. The Balaban J connectivity index is 1.90. The molecule has 0 fully saturated rings. The number of carbonyl (C=O) groups excluding carboxylic acids is 2. The zero-order chi connectivity index (χ0) is 16.7. The Morgan fingerprint density at radius 1 is 1.04 bits per heavy atom.